The van der Waals surface area contributed by atoms with Gasteiger partial charge in [-0.15, -0.1) is 0 Å². The number of fused-ring (bicyclic) bond motifs is 1. The smallest absolute Gasteiger partial charge is 0.342 e. The van der Waals surface area contributed by atoms with Gasteiger partial charge in [0.05, 0.1) is 12.5 Å². The molecule has 0 spiro atoms. The van der Waals surface area contributed by atoms with Crippen molar-refractivity contribution in [1.82, 2.24) is 19.9 Å². The van der Waals surface area contributed by atoms with E-state index in [-0.39, 0.29) is 6.20 Å². The van der Waals surface area contributed by atoms with Crippen LogP contribution in [-0.2, 0) is 14.4 Å². The fraction of sp³-hybridized carbons (Fsp3) is 0.571. The van der Waals surface area contributed by atoms with Crippen molar-refractivity contribution in [3.63, 3.8) is 0 Å². The normalized spacial score (nSPS) is 15.7. The predicted octanol–water partition coefficient (Wildman–Crippen LogP) is 5.00. The number of aromatic amines is 1. The molecule has 1 N–H and O–H groups in total. The average Bonchev–Trinajstić information content (AvgIpc) is 3.25. The lowest BCUT2D eigenvalue weighted by Crippen LogP contribution is -2.63. The van der Waals surface area contributed by atoms with Crippen molar-refractivity contribution in [2.45, 2.75) is 47.5 Å². The van der Waals surface area contributed by atoms with E-state index in [4.69, 9.17) is 0 Å². The summed E-state index contributed by atoms with van der Waals surface area (Å²) in [4.78, 5) is 10.8. The highest BCUT2D eigenvalue weighted by Crippen LogP contribution is 2.55. The lowest BCUT2D eigenvalue weighted by molar-refractivity contribution is -0.382. The van der Waals surface area contributed by atoms with E-state index in [2.05, 4.69) is 24.2 Å². The summed E-state index contributed by atoms with van der Waals surface area (Å²) in [5.41, 5.74) is -4.87. The first-order chi connectivity index (χ1) is 17.6. The van der Waals surface area contributed by atoms with Gasteiger partial charge in [-0.05, 0) is 0 Å². The van der Waals surface area contributed by atoms with Gasteiger partial charge in [-0.1, -0.05) is 5.16 Å². The highest BCUT2D eigenvalue weighted by Gasteiger charge is 2.86. The molecule has 26 heteroatoms. The molecular weight excluding hydrogens is 641 g/mol. The van der Waals surface area contributed by atoms with Crippen LogP contribution >= 0.6 is 0 Å². The molecule has 0 saturated carbocycles. The Hall–Kier alpha value is -3.22. The molecule has 228 valence electrons. The van der Waals surface area contributed by atoms with Crippen molar-refractivity contribution in [3.05, 3.63) is 18.3 Å². The minimum absolute atomic E-state index is 0.237. The largest absolute Gasteiger partial charge is 0.460 e. The molecule has 0 bridgehead atoms. The van der Waals surface area contributed by atoms with Crippen LogP contribution in [0.3, 0.4) is 0 Å². The Bertz CT molecular complexity index is 1390. The molecule has 8 nitrogen and oxygen atoms in total. The Morgan fingerprint density at radius 1 is 0.825 bits per heavy atom. The molecule has 2 rings (SSSR count). The number of nitrogens with one attached hydrogen (secondary N) is 1. The molecule has 0 unspecified atom stereocenters. The van der Waals surface area contributed by atoms with Gasteiger partial charge in [0.1, 0.15) is 5.52 Å². The summed E-state index contributed by atoms with van der Waals surface area (Å²) >= 11 is 0. The Morgan fingerprint density at radius 2 is 1.35 bits per heavy atom. The van der Waals surface area contributed by atoms with E-state index in [0.717, 1.165) is 0 Å². The quantitative estimate of drug-likeness (QED) is 0.221. The van der Waals surface area contributed by atoms with Gasteiger partial charge < -0.3 is 4.98 Å². The van der Waals surface area contributed by atoms with Crippen molar-refractivity contribution < 1.29 is 87.3 Å². The fourth-order valence-electron chi connectivity index (χ4n) is 2.23. The molecule has 0 aromatic carbocycles. The number of rotatable bonds is 10. The molecule has 0 aliphatic carbocycles. The van der Waals surface area contributed by atoms with Crippen LogP contribution in [0.4, 0.5) is 74.6 Å². The van der Waals surface area contributed by atoms with Crippen molar-refractivity contribution in [2.75, 3.05) is 0 Å². The number of imidazole rings is 1. The summed E-state index contributed by atoms with van der Waals surface area (Å²) in [7, 11) is -8.20. The summed E-state index contributed by atoms with van der Waals surface area (Å²) in [6, 6.07) is 0. The molecule has 40 heavy (non-hydrogen) atoms. The number of alkyl halides is 17. The van der Waals surface area contributed by atoms with Crippen LogP contribution in [0.2, 0.25) is 0 Å². The minimum atomic E-state index is -8.20. The highest BCUT2D eigenvalue weighted by atomic mass is 32.2. The first kappa shape index (κ1) is 33.0. The van der Waals surface area contributed by atoms with Crippen molar-refractivity contribution >= 4 is 27.0 Å². The summed E-state index contributed by atoms with van der Waals surface area (Å²) in [6.45, 7) is 0. The van der Waals surface area contributed by atoms with Gasteiger partial charge >= 0.3 is 57.6 Å². The number of halogens is 17. The fourth-order valence-corrected chi connectivity index (χ4v) is 2.94. The minimum Gasteiger partial charge on any atom is -0.342 e. The average molecular weight is 645 g/mol. The third-order valence-corrected chi connectivity index (χ3v) is 5.58. The molecule has 2 aromatic rings. The molecule has 0 aliphatic rings. The van der Waals surface area contributed by atoms with Crippen LogP contribution in [0.1, 0.15) is 5.82 Å². The van der Waals surface area contributed by atoms with Gasteiger partial charge in [0, 0.05) is 0 Å². The predicted molar refractivity (Wildman–Crippen MR) is 90.0 cm³/mol. The van der Waals surface area contributed by atoms with Gasteiger partial charge in [0.15, 0.2) is 11.5 Å². The second-order valence-electron chi connectivity index (χ2n) is 7.04. The van der Waals surface area contributed by atoms with Crippen LogP contribution in [-0.4, -0.2) is 81.5 Å². The zero-order valence-electron chi connectivity index (χ0n) is 17.6. The lowest BCUT2D eigenvalue weighted by Gasteiger charge is -2.33. The zero-order chi connectivity index (χ0) is 31.5. The Morgan fingerprint density at radius 3 is 1.82 bits per heavy atom. The van der Waals surface area contributed by atoms with Crippen LogP contribution in [0, 0.1) is 0 Å². The maximum atomic E-state index is 14.5. The van der Waals surface area contributed by atoms with E-state index in [1.165, 1.54) is 5.16 Å². The number of aromatic nitrogens is 4. The molecule has 0 aliphatic heterocycles. The first-order valence-electron chi connectivity index (χ1n) is 8.91. The second kappa shape index (κ2) is 9.42. The van der Waals surface area contributed by atoms with Crippen LogP contribution < -0.4 is 0 Å². The Labute approximate surface area is 206 Å². The number of hydrogen-bond acceptors (Lipinski definition) is 7. The molecule has 0 radical (unpaired) electrons. The number of hydrogen-bond donors (Lipinski definition) is 1. The number of H-pyrrole nitrogens is 1. The molecule has 0 saturated heterocycles. The third kappa shape index (κ3) is 4.71. The van der Waals surface area contributed by atoms with E-state index in [1.807, 2.05) is 0 Å². The van der Waals surface area contributed by atoms with E-state index in [0.29, 0.717) is 6.33 Å². The highest BCUT2D eigenvalue weighted by molar-refractivity contribution is 7.87. The second-order valence-corrected chi connectivity index (χ2v) is 8.61. The van der Waals surface area contributed by atoms with Crippen molar-refractivity contribution in [1.29, 1.82) is 0 Å². The topological polar surface area (TPSA) is 110 Å². The van der Waals surface area contributed by atoms with E-state index in [1.54, 1.807) is 0 Å². The van der Waals surface area contributed by atoms with Crippen molar-refractivity contribution in [3.8, 4) is 0 Å². The Kier molecular flexibility index (Phi) is 7.77. The van der Waals surface area contributed by atoms with E-state index in [9.17, 15) is 83.1 Å². The van der Waals surface area contributed by atoms with Gasteiger partial charge in [-0.25, -0.2) is 23.7 Å². The maximum absolute atomic E-state index is 14.5. The van der Waals surface area contributed by atoms with Gasteiger partial charge in [-0.2, -0.15) is 74.3 Å². The molecule has 0 atom stereocenters. The van der Waals surface area contributed by atoms with Gasteiger partial charge in [-0.3, -0.25) is 4.28 Å². The van der Waals surface area contributed by atoms with E-state index < -0.39 is 80.3 Å². The standard InChI is InChI=1S/C14H4F17N5O3S/c15-7(16)9(19,20)10(21,22)8(17,18)4(6-32-1-3-5(35-6)34-2-33-3)36-39-40(37,38)14(30,31)12(25,26)11(23,24)13(27,28)29/h1-2,7H,(H,32,33,34,35). The van der Waals surface area contributed by atoms with Gasteiger partial charge in [0.2, 0.25) is 5.71 Å². The van der Waals surface area contributed by atoms with Crippen LogP contribution in [0.15, 0.2) is 17.7 Å². The zero-order valence-corrected chi connectivity index (χ0v) is 18.4. The summed E-state index contributed by atoms with van der Waals surface area (Å²) in [6.07, 6.45) is -12.4. The SMILES string of the molecule is O=S(=O)(ON=C(c1ncc2[nH]cnc2n1)C(F)(F)C(F)(F)C(F)(F)C(F)F)C(F)(F)C(F)(F)C(F)(F)C(F)(F)F. The van der Waals surface area contributed by atoms with Gasteiger partial charge in [0.25, 0.3) is 0 Å². The maximum Gasteiger partial charge on any atom is 0.460 e. The molecule has 0 amide bonds. The monoisotopic (exact) mass is 645 g/mol. The van der Waals surface area contributed by atoms with Crippen LogP contribution in [0.25, 0.3) is 11.2 Å². The summed E-state index contributed by atoms with van der Waals surface area (Å²) in [5, 5.41) is -6.48. The summed E-state index contributed by atoms with van der Waals surface area (Å²) in [5.74, 6) is -39.7. The summed E-state index contributed by atoms with van der Waals surface area (Å²) < 4.78 is 250. The third-order valence-electron chi connectivity index (χ3n) is 4.43. The van der Waals surface area contributed by atoms with Crippen LogP contribution in [0.5, 0.6) is 0 Å². The lowest BCUT2D eigenvalue weighted by atomic mass is 9.99. The van der Waals surface area contributed by atoms with Crippen molar-refractivity contribution in [2.24, 2.45) is 5.16 Å². The number of oxime groups is 1. The number of nitrogens with zero attached hydrogens (tertiary/aromatic N) is 4. The molecule has 0 fully saturated rings. The molecule has 2 aromatic heterocycles. The van der Waals surface area contributed by atoms with E-state index >= 15 is 0 Å². The molecule has 2 heterocycles. The molecular formula is C14H4F17N5O3S. The Balaban J connectivity index is 2.78. The first-order valence-corrected chi connectivity index (χ1v) is 10.3.